The smallest absolute Gasteiger partial charge is 0.148 e. The van der Waals surface area contributed by atoms with Crippen molar-refractivity contribution in [2.24, 2.45) is 0 Å². The van der Waals surface area contributed by atoms with Gasteiger partial charge in [0.2, 0.25) is 0 Å². The van der Waals surface area contributed by atoms with Gasteiger partial charge in [0.25, 0.3) is 0 Å². The number of hydrogen-bond acceptors (Lipinski definition) is 4. The molecule has 0 aliphatic carbocycles. The molecule has 66 heavy (non-hydrogen) atoms. The SMILES string of the molecule is CC(C)(C)c1cc(-c2nc3c(-c4[c-]c(-c5nccc6c5oc5ccc7ccccc7c56)cc(-c5ccccc5)c4)cccc3n2-c2ccccc2-c2ccccc2)c(O)c(C(C)(C)C)c1.[Pt]. The summed E-state index contributed by atoms with van der Waals surface area (Å²) in [7, 11) is 0. The zero-order valence-electron chi connectivity index (χ0n) is 37.8. The molecule has 0 saturated heterocycles. The third-order valence-corrected chi connectivity index (χ3v) is 12.7. The minimum Gasteiger partial charge on any atom is -0.507 e. The van der Waals surface area contributed by atoms with Crippen LogP contribution in [0.2, 0.25) is 0 Å². The number of benzene rings is 8. The average Bonchev–Trinajstić information content (AvgIpc) is 3.91. The number of pyridine rings is 1. The molecule has 5 nitrogen and oxygen atoms in total. The first kappa shape index (κ1) is 42.9. The van der Waals surface area contributed by atoms with Crippen LogP contribution in [0.1, 0.15) is 52.7 Å². The molecule has 1 N–H and O–H groups in total. The monoisotopic (exact) mass is 1040 g/mol. The van der Waals surface area contributed by atoms with Crippen molar-refractivity contribution in [3.63, 3.8) is 0 Å². The Bertz CT molecular complexity index is 3630. The van der Waals surface area contributed by atoms with Crippen LogP contribution >= 0.6 is 0 Å². The molecule has 0 aliphatic heterocycles. The van der Waals surface area contributed by atoms with Gasteiger partial charge in [-0.15, -0.1) is 23.8 Å². The number of furan rings is 1. The van der Waals surface area contributed by atoms with E-state index < -0.39 is 0 Å². The van der Waals surface area contributed by atoms with Crippen LogP contribution in [0.3, 0.4) is 0 Å². The number of phenolic OH excluding ortho intramolecular Hbond substituents is 1. The van der Waals surface area contributed by atoms with Gasteiger partial charge in [-0.1, -0.05) is 186 Å². The van der Waals surface area contributed by atoms with Crippen molar-refractivity contribution in [1.29, 1.82) is 0 Å². The number of phenols is 1. The van der Waals surface area contributed by atoms with E-state index in [1.807, 2.05) is 18.3 Å². The van der Waals surface area contributed by atoms with E-state index in [-0.39, 0.29) is 37.6 Å². The van der Waals surface area contributed by atoms with Crippen molar-refractivity contribution in [2.45, 2.75) is 52.4 Å². The van der Waals surface area contributed by atoms with Crippen LogP contribution < -0.4 is 0 Å². The Morgan fingerprint density at radius 2 is 1.26 bits per heavy atom. The van der Waals surface area contributed by atoms with Crippen LogP contribution in [-0.4, -0.2) is 19.6 Å². The first-order valence-electron chi connectivity index (χ1n) is 22.3. The molecule has 0 bridgehead atoms. The Kier molecular flexibility index (Phi) is 10.7. The van der Waals surface area contributed by atoms with E-state index in [1.54, 1.807) is 0 Å². The van der Waals surface area contributed by atoms with E-state index in [1.165, 1.54) is 0 Å². The predicted octanol–water partition coefficient (Wildman–Crippen LogP) is 15.9. The Hall–Kier alpha value is -7.07. The second kappa shape index (κ2) is 16.4. The number of para-hydroxylation sites is 2. The molecule has 6 heteroatoms. The maximum atomic E-state index is 12.5. The zero-order chi connectivity index (χ0) is 44.6. The Morgan fingerprint density at radius 1 is 0.576 bits per heavy atom. The third-order valence-electron chi connectivity index (χ3n) is 12.7. The quantitative estimate of drug-likeness (QED) is 0.169. The molecule has 11 aromatic rings. The van der Waals surface area contributed by atoms with Crippen LogP contribution in [0.4, 0.5) is 0 Å². The predicted molar refractivity (Wildman–Crippen MR) is 269 cm³/mol. The third kappa shape index (κ3) is 7.32. The molecule has 3 aromatic heterocycles. The summed E-state index contributed by atoms with van der Waals surface area (Å²) < 4.78 is 8.96. The molecule has 0 unspecified atom stereocenters. The number of imidazole rings is 1. The summed E-state index contributed by atoms with van der Waals surface area (Å²) in [4.78, 5) is 10.7. The summed E-state index contributed by atoms with van der Waals surface area (Å²) in [5.74, 6) is 0.892. The second-order valence-electron chi connectivity index (χ2n) is 19.1. The zero-order valence-corrected chi connectivity index (χ0v) is 40.0. The van der Waals surface area contributed by atoms with E-state index in [2.05, 4.69) is 210 Å². The molecule has 326 valence electrons. The number of hydrogen-bond donors (Lipinski definition) is 1. The van der Waals surface area contributed by atoms with E-state index >= 15 is 0 Å². The van der Waals surface area contributed by atoms with Crippen LogP contribution in [-0.2, 0) is 31.9 Å². The maximum Gasteiger partial charge on any atom is 0.148 e. The minimum atomic E-state index is -0.336. The summed E-state index contributed by atoms with van der Waals surface area (Å²) in [5, 5.41) is 16.9. The number of aromatic nitrogens is 3. The average molecular weight is 1040 g/mol. The minimum absolute atomic E-state index is 0. The Balaban J connectivity index is 0.00000511. The standard InChI is InChI=1S/C60H48N3O2.Pt/c1-59(2,3)43-35-48(56(64)49(36-43)60(4,5)6)58-62-55-46(25-17-27-51(55)63(58)50-26-16-15-23-44(50)38-20-11-8-12-21-38)41-32-40(37-18-9-7-10-19-37)33-42(34-41)54-57-47(30-31-61-54)53-45-24-14-13-22-39(45)28-29-52(53)65-57;/h7-33,35-36,64H,1-6H3;/q-1;. The molecule has 0 spiro atoms. The van der Waals surface area contributed by atoms with Crippen molar-refractivity contribution in [1.82, 2.24) is 14.5 Å². The fraction of sp³-hybridized carbons (Fsp3) is 0.133. The number of rotatable bonds is 6. The van der Waals surface area contributed by atoms with Crippen LogP contribution in [0.5, 0.6) is 5.75 Å². The molecule has 0 atom stereocenters. The normalized spacial score (nSPS) is 12.0. The molecule has 0 amide bonds. The molecule has 0 aliphatic rings. The van der Waals surface area contributed by atoms with Gasteiger partial charge in [-0.3, -0.25) is 9.55 Å². The van der Waals surface area contributed by atoms with E-state index in [0.717, 1.165) is 105 Å². The first-order chi connectivity index (χ1) is 31.4. The molecule has 11 rings (SSSR count). The summed E-state index contributed by atoms with van der Waals surface area (Å²) in [6, 6.07) is 62.9. The van der Waals surface area contributed by atoms with Crippen LogP contribution in [0.25, 0.3) is 105 Å². The van der Waals surface area contributed by atoms with Gasteiger partial charge < -0.3 is 9.52 Å². The summed E-state index contributed by atoms with van der Waals surface area (Å²) in [6.07, 6.45) is 1.87. The maximum absolute atomic E-state index is 12.5. The number of fused-ring (bicyclic) bond motifs is 6. The van der Waals surface area contributed by atoms with Crippen molar-refractivity contribution in [3.8, 4) is 67.5 Å². The molecular formula is C60H48N3O2Pt-. The number of nitrogens with zero attached hydrogens (tertiary/aromatic N) is 3. The first-order valence-corrected chi connectivity index (χ1v) is 22.3. The Morgan fingerprint density at radius 3 is 2.02 bits per heavy atom. The summed E-state index contributed by atoms with van der Waals surface area (Å²) in [5.41, 5.74) is 13.9. The molecule has 0 radical (unpaired) electrons. The van der Waals surface area contributed by atoms with Gasteiger partial charge >= 0.3 is 0 Å². The number of aromatic hydroxyl groups is 1. The van der Waals surface area contributed by atoms with Crippen LogP contribution in [0.15, 0.2) is 180 Å². The fourth-order valence-corrected chi connectivity index (χ4v) is 9.39. The van der Waals surface area contributed by atoms with E-state index in [4.69, 9.17) is 14.4 Å². The largest absolute Gasteiger partial charge is 0.507 e. The molecule has 0 saturated carbocycles. The molecule has 0 fully saturated rings. The van der Waals surface area contributed by atoms with Crippen LogP contribution in [0, 0.1) is 6.07 Å². The van der Waals surface area contributed by atoms with Crippen molar-refractivity contribution in [2.75, 3.05) is 0 Å². The molecular weight excluding hydrogens is 990 g/mol. The van der Waals surface area contributed by atoms with Gasteiger partial charge in [0.15, 0.2) is 0 Å². The second-order valence-corrected chi connectivity index (χ2v) is 19.1. The molecule has 3 heterocycles. The Labute approximate surface area is 399 Å². The van der Waals surface area contributed by atoms with E-state index in [9.17, 15) is 5.11 Å². The van der Waals surface area contributed by atoms with Crippen molar-refractivity contribution >= 4 is 43.7 Å². The van der Waals surface area contributed by atoms with Gasteiger partial charge in [0.05, 0.1) is 22.3 Å². The van der Waals surface area contributed by atoms with Crippen molar-refractivity contribution in [3.05, 3.63) is 193 Å². The van der Waals surface area contributed by atoms with Gasteiger partial charge in [0.1, 0.15) is 22.7 Å². The van der Waals surface area contributed by atoms with Gasteiger partial charge in [0, 0.05) is 54.9 Å². The van der Waals surface area contributed by atoms with Crippen molar-refractivity contribution < 1.29 is 30.6 Å². The fourth-order valence-electron chi connectivity index (χ4n) is 9.39. The van der Waals surface area contributed by atoms with E-state index in [0.29, 0.717) is 11.4 Å². The van der Waals surface area contributed by atoms with Gasteiger partial charge in [-0.25, -0.2) is 4.98 Å². The summed E-state index contributed by atoms with van der Waals surface area (Å²) >= 11 is 0. The topological polar surface area (TPSA) is 64.1 Å². The molecule has 8 aromatic carbocycles. The van der Waals surface area contributed by atoms with Gasteiger partial charge in [-0.2, -0.15) is 0 Å². The van der Waals surface area contributed by atoms with Gasteiger partial charge in [-0.05, 0) is 68.6 Å². The summed E-state index contributed by atoms with van der Waals surface area (Å²) in [6.45, 7) is 13.1.